The topological polar surface area (TPSA) is 70.6 Å². The molecule has 0 aliphatic carbocycles. The van der Waals surface area contributed by atoms with Gasteiger partial charge in [-0.1, -0.05) is 36.0 Å². The van der Waals surface area contributed by atoms with E-state index in [2.05, 4.69) is 37.4 Å². The summed E-state index contributed by atoms with van der Waals surface area (Å²) in [6.45, 7) is 1.92. The molecule has 10 heteroatoms. The number of aromatic nitrogens is 6. The SMILES string of the molecule is Cc1cc(-c2cccc(-c3[c-]cccc3)n2)[n-]n1.Cn1nc(-c2cccc(-c3[c-]cccc3)n2)cc1C(F)(F)F.[Ir+3]. The van der Waals surface area contributed by atoms with Crippen LogP contribution in [0.1, 0.15) is 11.4 Å². The van der Waals surface area contributed by atoms with Crippen molar-refractivity contribution in [3.63, 3.8) is 0 Å². The minimum absolute atomic E-state index is 0. The molecule has 0 spiro atoms. The van der Waals surface area contributed by atoms with E-state index in [0.29, 0.717) is 11.4 Å². The van der Waals surface area contributed by atoms with Gasteiger partial charge in [-0.2, -0.15) is 18.3 Å². The predicted octanol–water partition coefficient (Wildman–Crippen LogP) is 6.84. The molecule has 6 aromatic rings. The molecule has 0 bridgehead atoms. The van der Waals surface area contributed by atoms with E-state index in [-0.39, 0.29) is 25.8 Å². The van der Waals surface area contributed by atoms with Crippen molar-refractivity contribution in [3.8, 4) is 45.3 Å². The first kappa shape index (κ1) is 29.6. The molecule has 4 aromatic heterocycles. The molecule has 4 heterocycles. The number of nitrogens with zero attached hydrogens (tertiary/aromatic N) is 6. The average molecular weight is 728 g/mol. The summed E-state index contributed by atoms with van der Waals surface area (Å²) in [7, 11) is 1.27. The van der Waals surface area contributed by atoms with Crippen molar-refractivity contribution in [1.82, 2.24) is 29.9 Å². The first-order valence-electron chi connectivity index (χ1n) is 12.3. The number of hydrogen-bond acceptors (Lipinski definition) is 4. The second-order valence-electron chi connectivity index (χ2n) is 8.78. The maximum absolute atomic E-state index is 12.8. The molecule has 0 aliphatic rings. The molecular weight excluding hydrogens is 706 g/mol. The number of rotatable bonds is 4. The van der Waals surface area contributed by atoms with E-state index in [0.717, 1.165) is 44.7 Å². The van der Waals surface area contributed by atoms with Gasteiger partial charge in [0.15, 0.2) is 0 Å². The van der Waals surface area contributed by atoms with E-state index in [4.69, 9.17) is 0 Å². The minimum Gasteiger partial charge on any atom is -0.574 e. The molecule has 0 unspecified atom stereocenters. The van der Waals surface area contributed by atoms with Crippen LogP contribution in [0.25, 0.3) is 45.3 Å². The molecule has 0 aliphatic heterocycles. The zero-order valence-electron chi connectivity index (χ0n) is 21.9. The fourth-order valence-corrected chi connectivity index (χ4v) is 3.93. The molecule has 0 N–H and O–H groups in total. The van der Waals surface area contributed by atoms with E-state index in [1.54, 1.807) is 24.3 Å². The number of halogens is 3. The molecule has 6 nitrogen and oxygen atoms in total. The molecule has 2 aromatic carbocycles. The largest absolute Gasteiger partial charge is 3.00 e. The number of hydrogen-bond donors (Lipinski definition) is 0. The Hall–Kier alpha value is -4.40. The van der Waals surface area contributed by atoms with Gasteiger partial charge in [0.25, 0.3) is 0 Å². The second kappa shape index (κ2) is 12.8. The third-order valence-corrected chi connectivity index (χ3v) is 5.82. The minimum atomic E-state index is -4.44. The van der Waals surface area contributed by atoms with Gasteiger partial charge in [0.2, 0.25) is 0 Å². The summed E-state index contributed by atoms with van der Waals surface area (Å²) in [4.78, 5) is 8.97. The Morgan fingerprint density at radius 1 is 0.707 bits per heavy atom. The standard InChI is InChI=1S/C16H11F3N3.C15H11N3.Ir/c1-22-15(16(17,18)19)10-14(21-22)13-9-5-8-12(20-13)11-6-3-2-4-7-11;1-11-10-15(18-17-11)14-9-5-8-13(16-14)12-6-3-2-4-7-12;/h2-6,8-10H,1H3;2-6,8-10H,1H3;/q-1;-2;+3. The van der Waals surface area contributed by atoms with Gasteiger partial charge in [0.05, 0.1) is 5.69 Å². The first-order chi connectivity index (χ1) is 19.3. The van der Waals surface area contributed by atoms with Crippen LogP contribution in [-0.4, -0.2) is 24.8 Å². The van der Waals surface area contributed by atoms with Gasteiger partial charge in [-0.05, 0) is 36.5 Å². The molecule has 0 fully saturated rings. The van der Waals surface area contributed by atoms with Crippen LogP contribution in [0.5, 0.6) is 0 Å². The van der Waals surface area contributed by atoms with Gasteiger partial charge in [0, 0.05) is 18.4 Å². The predicted molar refractivity (Wildman–Crippen MR) is 146 cm³/mol. The van der Waals surface area contributed by atoms with E-state index < -0.39 is 11.9 Å². The molecule has 6 rings (SSSR count). The van der Waals surface area contributed by atoms with E-state index in [1.165, 1.54) is 7.05 Å². The summed E-state index contributed by atoms with van der Waals surface area (Å²) in [6.07, 6.45) is -4.44. The number of benzene rings is 2. The van der Waals surface area contributed by atoms with Crippen molar-refractivity contribution in [3.05, 3.63) is 121 Å². The molecule has 0 atom stereocenters. The quantitative estimate of drug-likeness (QED) is 0.186. The zero-order valence-corrected chi connectivity index (χ0v) is 24.3. The van der Waals surface area contributed by atoms with Crippen LogP contribution >= 0.6 is 0 Å². The summed E-state index contributed by atoms with van der Waals surface area (Å²) in [6, 6.07) is 35.3. The maximum atomic E-state index is 12.8. The van der Waals surface area contributed by atoms with Crippen molar-refractivity contribution in [1.29, 1.82) is 0 Å². The van der Waals surface area contributed by atoms with Gasteiger partial charge in [-0.25, -0.2) is 0 Å². The van der Waals surface area contributed by atoms with Crippen LogP contribution in [-0.2, 0) is 33.3 Å². The van der Waals surface area contributed by atoms with Crippen LogP contribution in [0.2, 0.25) is 0 Å². The van der Waals surface area contributed by atoms with Gasteiger partial charge < -0.3 is 10.2 Å². The third-order valence-electron chi connectivity index (χ3n) is 5.82. The molecule has 0 amide bonds. The number of alkyl halides is 3. The van der Waals surface area contributed by atoms with Crippen molar-refractivity contribution in [2.45, 2.75) is 13.1 Å². The summed E-state index contributed by atoms with van der Waals surface area (Å²) in [5.41, 5.74) is 5.62. The second-order valence-corrected chi connectivity index (χ2v) is 8.78. The van der Waals surface area contributed by atoms with E-state index in [9.17, 15) is 13.2 Å². The summed E-state index contributed by atoms with van der Waals surface area (Å²) < 4.78 is 39.3. The summed E-state index contributed by atoms with van der Waals surface area (Å²) in [5.74, 6) is 0. The zero-order chi connectivity index (χ0) is 28.1. The van der Waals surface area contributed by atoms with Crippen molar-refractivity contribution >= 4 is 0 Å². The molecule has 0 radical (unpaired) electrons. The smallest absolute Gasteiger partial charge is 0.574 e. The molecule has 41 heavy (non-hydrogen) atoms. The van der Waals surface area contributed by atoms with E-state index in [1.807, 2.05) is 73.7 Å². The average Bonchev–Trinajstić information content (AvgIpc) is 3.60. The molecular formula is C31H22F3IrN6. The van der Waals surface area contributed by atoms with Crippen LogP contribution < -0.4 is 5.10 Å². The summed E-state index contributed by atoms with van der Waals surface area (Å²) >= 11 is 0. The van der Waals surface area contributed by atoms with Crippen LogP contribution in [0.15, 0.2) is 97.1 Å². The van der Waals surface area contributed by atoms with Crippen molar-refractivity contribution in [2.75, 3.05) is 0 Å². The van der Waals surface area contributed by atoms with Gasteiger partial charge >= 0.3 is 26.3 Å². The van der Waals surface area contributed by atoms with E-state index >= 15 is 0 Å². The molecule has 206 valence electrons. The first-order valence-corrected chi connectivity index (χ1v) is 12.3. The molecule has 0 saturated carbocycles. The number of aryl methyl sites for hydroxylation is 2. The third kappa shape index (κ3) is 7.22. The van der Waals surface area contributed by atoms with Gasteiger partial charge in [-0.15, -0.1) is 71.8 Å². The number of pyridine rings is 2. The Balaban J connectivity index is 0.000000188. The Morgan fingerprint density at radius 2 is 1.27 bits per heavy atom. The monoisotopic (exact) mass is 728 g/mol. The van der Waals surface area contributed by atoms with Crippen molar-refractivity contribution in [2.24, 2.45) is 7.05 Å². The Labute approximate surface area is 248 Å². The molecule has 0 saturated heterocycles. The van der Waals surface area contributed by atoms with Crippen LogP contribution in [0.4, 0.5) is 13.2 Å². The van der Waals surface area contributed by atoms with Gasteiger partial charge in [-0.3, -0.25) is 14.6 Å². The van der Waals surface area contributed by atoms with Gasteiger partial charge in [0.1, 0.15) is 11.4 Å². The summed E-state index contributed by atoms with van der Waals surface area (Å²) in [5, 5.41) is 12.0. The fourth-order valence-electron chi connectivity index (χ4n) is 3.93. The van der Waals surface area contributed by atoms with Crippen LogP contribution in [0, 0.1) is 19.1 Å². The Morgan fingerprint density at radius 3 is 1.76 bits per heavy atom. The Bertz CT molecular complexity index is 1710. The fraction of sp³-hybridized carbons (Fsp3) is 0.0968. The van der Waals surface area contributed by atoms with Crippen molar-refractivity contribution < 1.29 is 33.3 Å². The van der Waals surface area contributed by atoms with Crippen LogP contribution in [0.3, 0.4) is 0 Å². The normalized spacial score (nSPS) is 10.9. The maximum Gasteiger partial charge on any atom is 3.00 e. The Kier molecular flexibility index (Phi) is 9.27.